The van der Waals surface area contributed by atoms with Gasteiger partial charge in [-0.2, -0.15) is 0 Å². The number of benzene rings is 2. The van der Waals surface area contributed by atoms with Gasteiger partial charge in [-0.3, -0.25) is 0 Å². The molecule has 0 fully saturated rings. The molecule has 2 N–H and O–H groups in total. The second-order valence-corrected chi connectivity index (χ2v) is 9.25. The Morgan fingerprint density at radius 3 is 1.14 bits per heavy atom. The van der Waals surface area contributed by atoms with E-state index < -0.39 is 0 Å². The fourth-order valence-corrected chi connectivity index (χ4v) is 3.53. The zero-order chi connectivity index (χ0) is 22.9. The van der Waals surface area contributed by atoms with E-state index in [0.29, 0.717) is 35.2 Å². The molecule has 0 aromatic heterocycles. The molecular formula is C24H35Br3O2. The molecule has 29 heavy (non-hydrogen) atoms. The van der Waals surface area contributed by atoms with Gasteiger partial charge in [0.25, 0.3) is 0 Å². The van der Waals surface area contributed by atoms with Crippen molar-refractivity contribution in [1.29, 1.82) is 0 Å². The monoisotopic (exact) mass is 592 g/mol. The van der Waals surface area contributed by atoms with Gasteiger partial charge in [0.1, 0.15) is 11.5 Å². The normalized spacial score (nSPS) is 10.7. The second-order valence-electron chi connectivity index (χ2n) is 8.34. The van der Waals surface area contributed by atoms with E-state index in [9.17, 15) is 10.2 Å². The first-order valence-corrected chi connectivity index (χ1v) is 14.5. The summed E-state index contributed by atoms with van der Waals surface area (Å²) < 4.78 is 1.04. The highest BCUT2D eigenvalue weighted by atomic mass is 80.9. The average molecular weight is 595 g/mol. The van der Waals surface area contributed by atoms with Gasteiger partial charge in [-0.05, 0) is 58.1 Å². The molecule has 0 radical (unpaired) electrons. The van der Waals surface area contributed by atoms with Gasteiger partial charge in [0, 0.05) is 32.7 Å². The van der Waals surface area contributed by atoms with Crippen LogP contribution in [-0.4, -0.2) is 10.2 Å². The maximum Gasteiger partial charge on any atom is 0.122 e. The van der Waals surface area contributed by atoms with Crippen molar-refractivity contribution >= 4 is 44.2 Å². The summed E-state index contributed by atoms with van der Waals surface area (Å²) in [5, 5.41) is 20.0. The van der Waals surface area contributed by atoms with Crippen molar-refractivity contribution in [2.75, 3.05) is 0 Å². The Balaban J connectivity index is 0.000000499. The van der Waals surface area contributed by atoms with Crippen molar-refractivity contribution in [3.63, 3.8) is 0 Å². The van der Waals surface area contributed by atoms with Gasteiger partial charge < -0.3 is 10.2 Å². The van der Waals surface area contributed by atoms with E-state index in [0.717, 1.165) is 26.7 Å². The summed E-state index contributed by atoms with van der Waals surface area (Å²) in [4.78, 5) is 0. The molecule has 0 unspecified atom stereocenters. The molecular weight excluding hydrogens is 560 g/mol. The van der Waals surface area contributed by atoms with Gasteiger partial charge in [0.05, 0.1) is 0 Å². The number of para-hydroxylation sites is 1. The molecule has 2 aromatic rings. The van der Waals surface area contributed by atoms with Crippen molar-refractivity contribution in [2.24, 2.45) is 0 Å². The third kappa shape index (κ3) is 8.63. The number of phenolic OH excluding ortho intramolecular Hbond substituents is 2. The topological polar surface area (TPSA) is 40.5 Å². The molecule has 2 rings (SSSR count). The van der Waals surface area contributed by atoms with Gasteiger partial charge in [-0.15, -0.1) is 0 Å². The van der Waals surface area contributed by atoms with Gasteiger partial charge in [0.15, 0.2) is 0 Å². The highest BCUT2D eigenvalue weighted by Crippen LogP contribution is 2.36. The van der Waals surface area contributed by atoms with Crippen molar-refractivity contribution < 1.29 is 10.2 Å². The van der Waals surface area contributed by atoms with Crippen LogP contribution in [0.15, 0.2) is 34.8 Å². The Morgan fingerprint density at radius 2 is 0.862 bits per heavy atom. The molecule has 164 valence electrons. The van der Waals surface area contributed by atoms with E-state index in [2.05, 4.69) is 99.6 Å². The molecule has 5 heteroatoms. The molecule has 0 saturated heterocycles. The lowest BCUT2D eigenvalue weighted by atomic mass is 9.94. The minimum atomic E-state index is 0.352. The lowest BCUT2D eigenvalue weighted by Gasteiger charge is -2.15. The Hall–Kier alpha value is -0.520. The number of halogens is 3. The fraction of sp³-hybridized carbons (Fsp3) is 0.500. The number of hydrogen-bond acceptors (Lipinski definition) is 2. The number of hydrogen-bond donors (Lipinski definition) is 2. The highest BCUT2D eigenvalue weighted by molar-refractivity contribution is 9.93. The number of rotatable bonds is 4. The van der Waals surface area contributed by atoms with Crippen molar-refractivity contribution in [3.05, 3.63) is 57.1 Å². The van der Waals surface area contributed by atoms with E-state index in [1.54, 1.807) is 0 Å². The largest absolute Gasteiger partial charge is 0.507 e. The van der Waals surface area contributed by atoms with E-state index in [4.69, 9.17) is 0 Å². The van der Waals surface area contributed by atoms with Crippen LogP contribution < -0.4 is 0 Å². The molecule has 0 atom stereocenters. The first-order chi connectivity index (χ1) is 13.5. The number of aromatic hydroxyl groups is 2. The van der Waals surface area contributed by atoms with E-state index in [-0.39, 0.29) is 0 Å². The molecule has 0 bridgehead atoms. The predicted molar refractivity (Wildman–Crippen MR) is 138 cm³/mol. The van der Waals surface area contributed by atoms with Gasteiger partial charge in [-0.1, -0.05) is 89.5 Å². The van der Waals surface area contributed by atoms with Crippen LogP contribution in [0.4, 0.5) is 0 Å². The van der Waals surface area contributed by atoms with E-state index in [1.165, 1.54) is 0 Å². The molecule has 0 aliphatic heterocycles. The summed E-state index contributed by atoms with van der Waals surface area (Å²) in [7, 11) is 0. The molecule has 0 saturated carbocycles. The van der Waals surface area contributed by atoms with Gasteiger partial charge in [-0.25, -0.2) is 0 Å². The smallest absolute Gasteiger partial charge is 0.122 e. The average Bonchev–Trinajstić information content (AvgIpc) is 2.64. The van der Waals surface area contributed by atoms with Crippen LogP contribution in [0.1, 0.15) is 101 Å². The molecule has 0 aliphatic rings. The Morgan fingerprint density at radius 1 is 0.586 bits per heavy atom. The molecule has 2 nitrogen and oxygen atoms in total. The first kappa shape index (κ1) is 28.5. The predicted octanol–water partition coefficient (Wildman–Crippen LogP) is 9.73. The SMILES string of the molecule is BrBr.CC(C)c1cc(Br)cc(C(C)C)c1O.CC(C)c1cccc(C(C)C)c1O. The highest BCUT2D eigenvalue weighted by Gasteiger charge is 2.14. The van der Waals surface area contributed by atoms with Gasteiger partial charge >= 0.3 is 0 Å². The third-order valence-electron chi connectivity index (χ3n) is 4.72. The summed E-state index contributed by atoms with van der Waals surface area (Å²) in [5.41, 5.74) is 4.13. The quantitative estimate of drug-likeness (QED) is 0.370. The van der Waals surface area contributed by atoms with Crippen LogP contribution in [0.5, 0.6) is 11.5 Å². The van der Waals surface area contributed by atoms with Crippen LogP contribution in [-0.2, 0) is 0 Å². The molecule has 2 aromatic carbocycles. The van der Waals surface area contributed by atoms with Gasteiger partial charge in [0.2, 0.25) is 0 Å². The second kappa shape index (κ2) is 13.7. The Bertz CT molecular complexity index is 699. The van der Waals surface area contributed by atoms with Crippen LogP contribution in [0.25, 0.3) is 0 Å². The van der Waals surface area contributed by atoms with Crippen molar-refractivity contribution in [1.82, 2.24) is 0 Å². The Kier molecular flexibility index (Phi) is 13.5. The molecule has 0 spiro atoms. The number of phenols is 2. The molecule has 0 heterocycles. The van der Waals surface area contributed by atoms with Crippen molar-refractivity contribution in [2.45, 2.75) is 79.1 Å². The first-order valence-electron chi connectivity index (χ1n) is 9.95. The maximum atomic E-state index is 10.0. The zero-order valence-corrected chi connectivity index (χ0v) is 23.5. The van der Waals surface area contributed by atoms with Crippen LogP contribution in [0, 0.1) is 0 Å². The third-order valence-corrected chi connectivity index (χ3v) is 5.18. The van der Waals surface area contributed by atoms with E-state index in [1.807, 2.05) is 30.3 Å². The summed E-state index contributed by atoms with van der Waals surface area (Å²) in [6.07, 6.45) is 0. The fourth-order valence-electron chi connectivity index (χ4n) is 3.03. The lowest BCUT2D eigenvalue weighted by Crippen LogP contribution is -1.95. The summed E-state index contributed by atoms with van der Waals surface area (Å²) in [6.45, 7) is 16.7. The minimum absolute atomic E-state index is 0.352. The van der Waals surface area contributed by atoms with Crippen LogP contribution in [0.2, 0.25) is 0 Å². The minimum Gasteiger partial charge on any atom is -0.507 e. The summed E-state index contributed by atoms with van der Waals surface area (Å²) >= 11 is 8.97. The van der Waals surface area contributed by atoms with Crippen LogP contribution >= 0.6 is 44.2 Å². The standard InChI is InChI=1S/C12H17BrO.C12H18O.Br2/c1-7(2)10-5-9(13)6-11(8(3)4)12(10)14;1-8(2)10-6-5-7-11(9(3)4)12(10)13;1-2/h5-8,14H,1-4H3;5-9,13H,1-4H3;. The van der Waals surface area contributed by atoms with Crippen molar-refractivity contribution in [3.8, 4) is 11.5 Å². The summed E-state index contributed by atoms with van der Waals surface area (Å²) in [6, 6.07) is 9.99. The zero-order valence-electron chi connectivity index (χ0n) is 18.7. The Labute approximate surface area is 201 Å². The summed E-state index contributed by atoms with van der Waals surface area (Å²) in [5.74, 6) is 2.41. The molecule has 0 aliphatic carbocycles. The maximum absolute atomic E-state index is 10.0. The van der Waals surface area contributed by atoms with Crippen LogP contribution in [0.3, 0.4) is 0 Å². The van der Waals surface area contributed by atoms with E-state index >= 15 is 0 Å². The lowest BCUT2D eigenvalue weighted by molar-refractivity contribution is 0.454. The molecule has 0 amide bonds.